The van der Waals surface area contributed by atoms with E-state index in [0.29, 0.717) is 18.9 Å². The van der Waals surface area contributed by atoms with Gasteiger partial charge in [0.25, 0.3) is 10.0 Å². The number of carbonyl (C=O) groups is 1. The van der Waals surface area contributed by atoms with E-state index in [0.717, 1.165) is 31.4 Å². The number of carbonyl (C=O) groups excluding carboxylic acids is 1. The number of sulfonamides is 1. The lowest BCUT2D eigenvalue weighted by Crippen LogP contribution is -2.42. The molecule has 1 saturated heterocycles. The third-order valence-corrected chi connectivity index (χ3v) is 6.73. The van der Waals surface area contributed by atoms with Gasteiger partial charge < -0.3 is 5.32 Å². The fourth-order valence-corrected chi connectivity index (χ4v) is 4.56. The summed E-state index contributed by atoms with van der Waals surface area (Å²) in [5, 5.41) is 3.13. The highest BCUT2D eigenvalue weighted by Gasteiger charge is 2.26. The number of nitrogens with one attached hydrogen (secondary N) is 2. The van der Waals surface area contributed by atoms with E-state index in [1.165, 1.54) is 5.56 Å². The molecule has 0 radical (unpaired) electrons. The maximum Gasteiger partial charge on any atom is 0.264 e. The molecule has 1 aliphatic heterocycles. The quantitative estimate of drug-likeness (QED) is 0.748. The number of piperidine rings is 1. The molecule has 1 fully saturated rings. The van der Waals surface area contributed by atoms with E-state index < -0.39 is 15.9 Å². The van der Waals surface area contributed by atoms with Crippen LogP contribution >= 0.6 is 0 Å². The third-order valence-electron chi connectivity index (χ3n) is 5.37. The zero-order chi connectivity index (χ0) is 20.0. The Morgan fingerprint density at radius 1 is 1.14 bits per heavy atom. The molecule has 150 valence electrons. The lowest BCUT2D eigenvalue weighted by atomic mass is 9.94. The van der Waals surface area contributed by atoms with E-state index in [1.807, 2.05) is 30.3 Å². The fraction of sp³-hybridized carbons (Fsp3) is 0.409. The first-order chi connectivity index (χ1) is 13.5. The second-order valence-electron chi connectivity index (χ2n) is 7.51. The van der Waals surface area contributed by atoms with E-state index in [1.54, 1.807) is 12.1 Å². The number of aryl methyl sites for hydroxylation is 1. The lowest BCUT2D eigenvalue weighted by molar-refractivity contribution is -0.123. The number of rotatable bonds is 7. The van der Waals surface area contributed by atoms with E-state index in [-0.39, 0.29) is 10.8 Å². The molecule has 1 amide bonds. The van der Waals surface area contributed by atoms with Crippen molar-refractivity contribution in [3.8, 4) is 0 Å². The molecule has 1 heterocycles. The van der Waals surface area contributed by atoms with Gasteiger partial charge in [0.05, 0.1) is 10.8 Å². The molecule has 6 heteroatoms. The fourth-order valence-electron chi connectivity index (χ4n) is 3.52. The Morgan fingerprint density at radius 3 is 2.50 bits per heavy atom. The minimum atomic E-state index is -3.83. The molecule has 0 saturated carbocycles. The first-order valence-electron chi connectivity index (χ1n) is 9.87. The summed E-state index contributed by atoms with van der Waals surface area (Å²) >= 11 is 0. The summed E-state index contributed by atoms with van der Waals surface area (Å²) in [5.41, 5.74) is 2.39. The van der Waals surface area contributed by atoms with E-state index in [9.17, 15) is 13.2 Å². The van der Waals surface area contributed by atoms with Gasteiger partial charge in [0.15, 0.2) is 0 Å². The van der Waals surface area contributed by atoms with Crippen LogP contribution in [-0.2, 0) is 21.2 Å². The highest BCUT2D eigenvalue weighted by Crippen LogP contribution is 2.23. The summed E-state index contributed by atoms with van der Waals surface area (Å²) in [7, 11) is -3.83. The van der Waals surface area contributed by atoms with E-state index >= 15 is 0 Å². The van der Waals surface area contributed by atoms with Gasteiger partial charge in [-0.25, -0.2) is 13.1 Å². The van der Waals surface area contributed by atoms with Crippen molar-refractivity contribution < 1.29 is 13.2 Å². The van der Waals surface area contributed by atoms with Crippen molar-refractivity contribution in [1.82, 2.24) is 10.0 Å². The molecular weight excluding hydrogens is 372 g/mol. The smallest absolute Gasteiger partial charge is 0.264 e. The van der Waals surface area contributed by atoms with Gasteiger partial charge in [0.2, 0.25) is 5.91 Å². The monoisotopic (exact) mass is 400 g/mol. The molecule has 28 heavy (non-hydrogen) atoms. The highest BCUT2D eigenvalue weighted by atomic mass is 32.2. The minimum Gasteiger partial charge on any atom is -0.316 e. The van der Waals surface area contributed by atoms with Gasteiger partial charge in [0.1, 0.15) is 0 Å². The standard InChI is InChI=1S/C22H28N2O3S/c1-17(9-10-18-6-3-2-4-7-18)19-11-13-21(14-12-19)28(26,27)24-22(25)20-8-5-15-23-16-20/h2-4,6-7,11-14,17,20,23H,5,8-10,15-16H2,1H3,(H,24,25). The molecule has 0 aliphatic carbocycles. The number of benzene rings is 2. The molecular formula is C22H28N2O3S. The van der Waals surface area contributed by atoms with Crippen molar-refractivity contribution in [2.75, 3.05) is 13.1 Å². The number of hydrogen-bond acceptors (Lipinski definition) is 4. The minimum absolute atomic E-state index is 0.128. The molecule has 1 aliphatic rings. The zero-order valence-corrected chi connectivity index (χ0v) is 17.0. The topological polar surface area (TPSA) is 75.3 Å². The lowest BCUT2D eigenvalue weighted by Gasteiger charge is -2.21. The Labute approximate surface area is 167 Å². The van der Waals surface area contributed by atoms with Crippen molar-refractivity contribution in [3.05, 3.63) is 65.7 Å². The van der Waals surface area contributed by atoms with E-state index in [2.05, 4.69) is 29.1 Å². The van der Waals surface area contributed by atoms with Crippen molar-refractivity contribution in [2.24, 2.45) is 5.92 Å². The predicted molar refractivity (Wildman–Crippen MR) is 111 cm³/mol. The molecule has 2 atom stereocenters. The maximum absolute atomic E-state index is 12.5. The number of amides is 1. The molecule has 0 aromatic heterocycles. The summed E-state index contributed by atoms with van der Waals surface area (Å²) in [6.07, 6.45) is 3.56. The average Bonchev–Trinajstić information content (AvgIpc) is 2.73. The predicted octanol–water partition coefficient (Wildman–Crippen LogP) is 3.23. The van der Waals surface area contributed by atoms with Crippen LogP contribution in [0.3, 0.4) is 0 Å². The summed E-state index contributed by atoms with van der Waals surface area (Å²) in [6.45, 7) is 3.55. The van der Waals surface area contributed by atoms with Gasteiger partial charge in [-0.05, 0) is 61.4 Å². The molecule has 2 aromatic carbocycles. The van der Waals surface area contributed by atoms with Crippen LogP contribution in [0.2, 0.25) is 0 Å². The summed E-state index contributed by atoms with van der Waals surface area (Å²) < 4.78 is 27.3. The molecule has 2 aromatic rings. The van der Waals surface area contributed by atoms with Crippen molar-refractivity contribution in [2.45, 2.75) is 43.4 Å². The Bertz CT molecular complexity index is 874. The largest absolute Gasteiger partial charge is 0.316 e. The highest BCUT2D eigenvalue weighted by molar-refractivity contribution is 7.90. The Morgan fingerprint density at radius 2 is 1.86 bits per heavy atom. The second kappa shape index (κ2) is 9.34. The number of hydrogen-bond donors (Lipinski definition) is 2. The van der Waals surface area contributed by atoms with Crippen LogP contribution in [0.1, 0.15) is 43.2 Å². The summed E-state index contributed by atoms with van der Waals surface area (Å²) in [6, 6.07) is 17.2. The Kier molecular flexibility index (Phi) is 6.86. The summed E-state index contributed by atoms with van der Waals surface area (Å²) in [5.74, 6) is -0.395. The molecule has 2 unspecified atom stereocenters. The van der Waals surface area contributed by atoms with Crippen LogP contribution < -0.4 is 10.0 Å². The van der Waals surface area contributed by atoms with Crippen LogP contribution in [-0.4, -0.2) is 27.4 Å². The Hall–Kier alpha value is -2.18. The van der Waals surface area contributed by atoms with Crippen LogP contribution in [0, 0.1) is 5.92 Å². The van der Waals surface area contributed by atoms with Gasteiger partial charge in [0, 0.05) is 6.54 Å². The van der Waals surface area contributed by atoms with Gasteiger partial charge >= 0.3 is 0 Å². The molecule has 5 nitrogen and oxygen atoms in total. The first kappa shape index (κ1) is 20.6. The SMILES string of the molecule is CC(CCc1ccccc1)c1ccc(S(=O)(=O)NC(=O)C2CCCNC2)cc1. The van der Waals surface area contributed by atoms with Crippen LogP contribution in [0.4, 0.5) is 0 Å². The molecule has 2 N–H and O–H groups in total. The van der Waals surface area contributed by atoms with Crippen molar-refractivity contribution in [1.29, 1.82) is 0 Å². The molecule has 0 bridgehead atoms. The Balaban J connectivity index is 1.59. The van der Waals surface area contributed by atoms with Gasteiger partial charge in [-0.2, -0.15) is 0 Å². The third kappa shape index (κ3) is 5.42. The summed E-state index contributed by atoms with van der Waals surface area (Å²) in [4.78, 5) is 12.4. The average molecular weight is 401 g/mol. The normalized spacial score (nSPS) is 18.4. The van der Waals surface area contributed by atoms with Crippen molar-refractivity contribution in [3.63, 3.8) is 0 Å². The van der Waals surface area contributed by atoms with Crippen LogP contribution in [0.25, 0.3) is 0 Å². The van der Waals surface area contributed by atoms with E-state index in [4.69, 9.17) is 0 Å². The van der Waals surface area contributed by atoms with Crippen LogP contribution in [0.5, 0.6) is 0 Å². The molecule has 0 spiro atoms. The zero-order valence-electron chi connectivity index (χ0n) is 16.2. The second-order valence-corrected chi connectivity index (χ2v) is 9.19. The first-order valence-corrected chi connectivity index (χ1v) is 11.4. The van der Waals surface area contributed by atoms with Gasteiger partial charge in [-0.3, -0.25) is 4.79 Å². The van der Waals surface area contributed by atoms with Crippen molar-refractivity contribution >= 4 is 15.9 Å². The van der Waals surface area contributed by atoms with Gasteiger partial charge in [-0.1, -0.05) is 49.4 Å². The van der Waals surface area contributed by atoms with Crippen LogP contribution in [0.15, 0.2) is 59.5 Å². The van der Waals surface area contributed by atoms with Gasteiger partial charge in [-0.15, -0.1) is 0 Å². The molecule has 3 rings (SSSR count). The maximum atomic E-state index is 12.5.